The second-order valence-electron chi connectivity index (χ2n) is 5.05. The van der Waals surface area contributed by atoms with E-state index in [0.29, 0.717) is 23.2 Å². The van der Waals surface area contributed by atoms with E-state index in [0.717, 1.165) is 24.1 Å². The fraction of sp³-hybridized carbons (Fsp3) is 0.600. The molecular weight excluding hydrogens is 304 g/mol. The number of nitrogens with one attached hydrogen (secondary N) is 2. The monoisotopic (exact) mass is 330 g/mol. The lowest BCUT2D eigenvalue weighted by molar-refractivity contribution is 0.578. The highest BCUT2D eigenvalue weighted by atomic mass is 32.2. The van der Waals surface area contributed by atoms with Crippen molar-refractivity contribution in [2.24, 2.45) is 0 Å². The normalized spacial score (nSPS) is 13.3. The highest BCUT2D eigenvalue weighted by molar-refractivity contribution is 7.99. The zero-order valence-corrected chi connectivity index (χ0v) is 14.9. The van der Waals surface area contributed by atoms with E-state index in [2.05, 4.69) is 17.0 Å². The van der Waals surface area contributed by atoms with E-state index in [1.165, 1.54) is 0 Å². The molecular formula is C15H26N2O2S2. The Morgan fingerprint density at radius 3 is 2.67 bits per heavy atom. The van der Waals surface area contributed by atoms with E-state index in [1.807, 2.05) is 26.2 Å². The van der Waals surface area contributed by atoms with Crippen LogP contribution < -0.4 is 10.0 Å². The lowest BCUT2D eigenvalue weighted by atomic mass is 10.1. The topological polar surface area (TPSA) is 58.2 Å². The van der Waals surface area contributed by atoms with Crippen LogP contribution in [0.4, 0.5) is 0 Å². The van der Waals surface area contributed by atoms with E-state index in [-0.39, 0.29) is 0 Å². The van der Waals surface area contributed by atoms with Crippen molar-refractivity contribution < 1.29 is 8.42 Å². The minimum Gasteiger partial charge on any atom is -0.313 e. The molecule has 0 heterocycles. The minimum atomic E-state index is -3.43. The molecule has 0 bridgehead atoms. The van der Waals surface area contributed by atoms with E-state index in [4.69, 9.17) is 0 Å². The number of hydrogen-bond acceptors (Lipinski definition) is 4. The molecule has 1 aromatic carbocycles. The molecule has 1 rings (SSSR count). The molecule has 0 radical (unpaired) electrons. The van der Waals surface area contributed by atoms with Gasteiger partial charge in [-0.15, -0.1) is 0 Å². The van der Waals surface area contributed by atoms with Gasteiger partial charge in [0.15, 0.2) is 0 Å². The molecule has 1 atom stereocenters. The first-order valence-corrected chi connectivity index (χ1v) is 10.0. The predicted octanol–water partition coefficient (Wildman–Crippen LogP) is 2.52. The maximum absolute atomic E-state index is 12.4. The molecule has 2 N–H and O–H groups in total. The molecule has 0 aromatic heterocycles. The summed E-state index contributed by atoms with van der Waals surface area (Å²) in [6, 6.07) is 5.44. The van der Waals surface area contributed by atoms with E-state index >= 15 is 0 Å². The molecule has 0 spiro atoms. The van der Waals surface area contributed by atoms with Crippen molar-refractivity contribution in [1.29, 1.82) is 0 Å². The Hall–Kier alpha value is -0.560. The van der Waals surface area contributed by atoms with Gasteiger partial charge in [-0.05, 0) is 43.3 Å². The predicted molar refractivity (Wildman–Crippen MR) is 91.3 cm³/mol. The van der Waals surface area contributed by atoms with Gasteiger partial charge in [0.1, 0.15) is 0 Å². The molecule has 0 saturated heterocycles. The van der Waals surface area contributed by atoms with Gasteiger partial charge in [-0.3, -0.25) is 0 Å². The Balaban J connectivity index is 2.83. The average molecular weight is 331 g/mol. The molecule has 4 nitrogen and oxygen atoms in total. The number of hydrogen-bond donors (Lipinski definition) is 2. The summed E-state index contributed by atoms with van der Waals surface area (Å²) in [4.78, 5) is 0.384. The lowest BCUT2D eigenvalue weighted by Gasteiger charge is -2.14. The summed E-state index contributed by atoms with van der Waals surface area (Å²) >= 11 is 1.74. The fourth-order valence-corrected chi connectivity index (χ4v) is 3.68. The van der Waals surface area contributed by atoms with Crippen LogP contribution in [0.3, 0.4) is 0 Å². The van der Waals surface area contributed by atoms with Gasteiger partial charge in [-0.2, -0.15) is 11.8 Å². The minimum absolute atomic E-state index is 0.384. The molecule has 0 aliphatic carbocycles. The SMILES string of the molecule is CCNCc1cccc(S(=O)(=O)NCCC(C)SC)c1C. The third-order valence-electron chi connectivity index (χ3n) is 3.50. The van der Waals surface area contributed by atoms with Gasteiger partial charge < -0.3 is 5.32 Å². The maximum Gasteiger partial charge on any atom is 0.240 e. The molecule has 0 fully saturated rings. The Labute approximate surface area is 133 Å². The quantitative estimate of drug-likeness (QED) is 0.730. The highest BCUT2D eigenvalue weighted by Crippen LogP contribution is 2.19. The van der Waals surface area contributed by atoms with Gasteiger partial charge in [0.2, 0.25) is 10.0 Å². The van der Waals surface area contributed by atoms with Gasteiger partial charge in [0.25, 0.3) is 0 Å². The van der Waals surface area contributed by atoms with Gasteiger partial charge in [-0.1, -0.05) is 26.0 Å². The first kappa shape index (κ1) is 18.5. The molecule has 6 heteroatoms. The summed E-state index contributed by atoms with van der Waals surface area (Å²) in [5.74, 6) is 0. The van der Waals surface area contributed by atoms with Crippen LogP contribution >= 0.6 is 11.8 Å². The molecule has 0 aliphatic heterocycles. The summed E-state index contributed by atoms with van der Waals surface area (Å²) in [6.07, 6.45) is 2.87. The van der Waals surface area contributed by atoms with Crippen LogP contribution in [0.2, 0.25) is 0 Å². The molecule has 0 saturated carbocycles. The first-order valence-electron chi connectivity index (χ1n) is 7.24. The summed E-state index contributed by atoms with van der Waals surface area (Å²) in [5, 5.41) is 3.68. The largest absolute Gasteiger partial charge is 0.313 e. The smallest absolute Gasteiger partial charge is 0.240 e. The van der Waals surface area contributed by atoms with Crippen LogP contribution in [0.1, 0.15) is 31.4 Å². The molecule has 1 unspecified atom stereocenters. The zero-order valence-electron chi connectivity index (χ0n) is 13.3. The second-order valence-corrected chi connectivity index (χ2v) is 8.06. The van der Waals surface area contributed by atoms with Gasteiger partial charge in [-0.25, -0.2) is 13.1 Å². The maximum atomic E-state index is 12.4. The summed E-state index contributed by atoms with van der Waals surface area (Å²) in [6.45, 7) is 8.02. The van der Waals surface area contributed by atoms with Crippen molar-refractivity contribution in [3.8, 4) is 0 Å². The molecule has 21 heavy (non-hydrogen) atoms. The Kier molecular flexibility index (Phi) is 7.73. The molecule has 1 aromatic rings. The van der Waals surface area contributed by atoms with Crippen LogP contribution in [-0.2, 0) is 16.6 Å². The van der Waals surface area contributed by atoms with Crippen molar-refractivity contribution in [2.45, 2.75) is 43.9 Å². The summed E-state index contributed by atoms with van der Waals surface area (Å²) < 4.78 is 27.5. The third-order valence-corrected chi connectivity index (χ3v) is 6.14. The van der Waals surface area contributed by atoms with Gasteiger partial charge >= 0.3 is 0 Å². The van der Waals surface area contributed by atoms with Crippen LogP contribution in [0, 0.1) is 6.92 Å². The summed E-state index contributed by atoms with van der Waals surface area (Å²) in [5.41, 5.74) is 1.85. The van der Waals surface area contributed by atoms with Gasteiger partial charge in [0.05, 0.1) is 4.90 Å². The van der Waals surface area contributed by atoms with E-state index in [1.54, 1.807) is 23.9 Å². The lowest BCUT2D eigenvalue weighted by Crippen LogP contribution is -2.27. The highest BCUT2D eigenvalue weighted by Gasteiger charge is 2.18. The Morgan fingerprint density at radius 2 is 2.05 bits per heavy atom. The zero-order chi connectivity index (χ0) is 15.9. The third kappa shape index (κ3) is 5.62. The average Bonchev–Trinajstić information content (AvgIpc) is 2.45. The molecule has 0 aliphatic rings. The number of rotatable bonds is 9. The van der Waals surface area contributed by atoms with Crippen LogP contribution in [-0.4, -0.2) is 33.0 Å². The van der Waals surface area contributed by atoms with Crippen LogP contribution in [0.25, 0.3) is 0 Å². The fourth-order valence-electron chi connectivity index (χ4n) is 1.99. The van der Waals surface area contributed by atoms with Crippen LogP contribution in [0.5, 0.6) is 0 Å². The molecule has 120 valence electrons. The van der Waals surface area contributed by atoms with Crippen molar-refractivity contribution in [2.75, 3.05) is 19.3 Å². The van der Waals surface area contributed by atoms with Crippen molar-refractivity contribution in [3.63, 3.8) is 0 Å². The standard InChI is InChI=1S/C15H26N2O2S2/c1-5-16-11-14-7-6-8-15(13(14)3)21(18,19)17-10-9-12(2)20-4/h6-8,12,16-17H,5,9-11H2,1-4H3. The summed E-state index contributed by atoms with van der Waals surface area (Å²) in [7, 11) is -3.43. The Morgan fingerprint density at radius 1 is 1.33 bits per heavy atom. The second kappa shape index (κ2) is 8.78. The molecule has 0 amide bonds. The van der Waals surface area contributed by atoms with E-state index < -0.39 is 10.0 Å². The van der Waals surface area contributed by atoms with E-state index in [9.17, 15) is 8.42 Å². The van der Waals surface area contributed by atoms with Crippen LogP contribution in [0.15, 0.2) is 23.1 Å². The number of thioether (sulfide) groups is 1. The first-order chi connectivity index (χ1) is 9.92. The number of sulfonamides is 1. The van der Waals surface area contributed by atoms with Crippen molar-refractivity contribution in [3.05, 3.63) is 29.3 Å². The van der Waals surface area contributed by atoms with Crippen molar-refractivity contribution in [1.82, 2.24) is 10.0 Å². The van der Waals surface area contributed by atoms with Crippen molar-refractivity contribution >= 4 is 21.8 Å². The van der Waals surface area contributed by atoms with Gasteiger partial charge in [0, 0.05) is 18.3 Å². The Bertz CT molecular complexity index is 545. The number of benzene rings is 1.